The van der Waals surface area contributed by atoms with Gasteiger partial charge in [-0.2, -0.15) is 11.8 Å². The van der Waals surface area contributed by atoms with Crippen LogP contribution in [0.3, 0.4) is 0 Å². The fourth-order valence-corrected chi connectivity index (χ4v) is 5.73. The first-order chi connectivity index (χ1) is 15.8. The zero-order chi connectivity index (χ0) is 23.8. The van der Waals surface area contributed by atoms with Gasteiger partial charge in [-0.3, -0.25) is 19.2 Å². The molecular weight excluding hydrogens is 460 g/mol. The molecule has 1 aliphatic rings. The van der Waals surface area contributed by atoms with Crippen molar-refractivity contribution in [1.82, 2.24) is 10.2 Å². The molecule has 2 N–H and O–H groups in total. The van der Waals surface area contributed by atoms with E-state index in [0.717, 1.165) is 22.9 Å². The number of benzene rings is 2. The van der Waals surface area contributed by atoms with E-state index >= 15 is 0 Å². The standard InChI is InChI=1S/C24H26N2O5S2/c1-16(27)33-21(12-17-8-4-2-5-9-17)23(30)25-19-14-32-15-20(18-10-6-3-7-11-18)26(24(19)31)13-22(28)29/h2-11,19-21H,12-15H2,1H3,(H,25,30)(H,28,29). The van der Waals surface area contributed by atoms with E-state index in [0.29, 0.717) is 17.9 Å². The van der Waals surface area contributed by atoms with Gasteiger partial charge in [-0.25, -0.2) is 0 Å². The van der Waals surface area contributed by atoms with Crippen LogP contribution in [-0.2, 0) is 25.6 Å². The molecule has 2 aromatic carbocycles. The fourth-order valence-electron chi connectivity index (χ4n) is 3.68. The average Bonchev–Trinajstić information content (AvgIpc) is 2.93. The SMILES string of the molecule is CC(=O)SC(Cc1ccccc1)C(=O)NC1CSCC(c2ccccc2)N(CC(=O)O)C1=O. The minimum Gasteiger partial charge on any atom is -0.480 e. The van der Waals surface area contributed by atoms with Crippen LogP contribution in [0.2, 0.25) is 0 Å². The van der Waals surface area contributed by atoms with Gasteiger partial charge in [0.1, 0.15) is 12.6 Å². The third kappa shape index (κ3) is 7.10. The number of aliphatic carboxylic acids is 1. The molecule has 9 heteroatoms. The van der Waals surface area contributed by atoms with Crippen LogP contribution in [0, 0.1) is 0 Å². The zero-order valence-corrected chi connectivity index (χ0v) is 19.8. The zero-order valence-electron chi connectivity index (χ0n) is 18.2. The molecule has 1 fully saturated rings. The number of hydrogen-bond acceptors (Lipinski definition) is 6. The Morgan fingerprint density at radius 2 is 1.73 bits per heavy atom. The molecule has 3 atom stereocenters. The molecule has 0 aliphatic carbocycles. The van der Waals surface area contributed by atoms with E-state index in [1.54, 1.807) is 0 Å². The summed E-state index contributed by atoms with van der Waals surface area (Å²) in [5.41, 5.74) is 1.75. The largest absolute Gasteiger partial charge is 0.480 e. The third-order valence-electron chi connectivity index (χ3n) is 5.19. The van der Waals surface area contributed by atoms with Crippen molar-refractivity contribution in [2.75, 3.05) is 18.1 Å². The van der Waals surface area contributed by atoms with Crippen LogP contribution >= 0.6 is 23.5 Å². The summed E-state index contributed by atoms with van der Waals surface area (Å²) in [6.45, 7) is 0.947. The minimum atomic E-state index is -1.12. The van der Waals surface area contributed by atoms with Crippen molar-refractivity contribution in [3.05, 3.63) is 71.8 Å². The highest BCUT2D eigenvalue weighted by Gasteiger charge is 2.37. The number of thioether (sulfide) groups is 2. The Labute approximate surface area is 201 Å². The Kier molecular flexibility index (Phi) is 8.96. The Morgan fingerprint density at radius 3 is 2.33 bits per heavy atom. The van der Waals surface area contributed by atoms with Crippen molar-refractivity contribution < 1.29 is 24.3 Å². The van der Waals surface area contributed by atoms with Crippen molar-refractivity contribution in [3.8, 4) is 0 Å². The maximum absolute atomic E-state index is 13.4. The van der Waals surface area contributed by atoms with E-state index in [1.807, 2.05) is 60.7 Å². The van der Waals surface area contributed by atoms with Gasteiger partial charge in [0, 0.05) is 18.4 Å². The molecule has 33 heavy (non-hydrogen) atoms. The van der Waals surface area contributed by atoms with E-state index in [9.17, 15) is 24.3 Å². The van der Waals surface area contributed by atoms with Crippen LogP contribution in [0.1, 0.15) is 24.1 Å². The smallest absolute Gasteiger partial charge is 0.323 e. The molecule has 174 valence electrons. The first-order valence-electron chi connectivity index (χ1n) is 10.5. The Balaban J connectivity index is 1.79. The highest BCUT2D eigenvalue weighted by atomic mass is 32.2. The lowest BCUT2D eigenvalue weighted by molar-refractivity contribution is -0.147. The summed E-state index contributed by atoms with van der Waals surface area (Å²) in [6, 6.07) is 17.4. The van der Waals surface area contributed by atoms with Crippen molar-refractivity contribution in [2.24, 2.45) is 0 Å². The molecule has 2 amide bonds. The van der Waals surface area contributed by atoms with Crippen molar-refractivity contribution >= 4 is 46.4 Å². The molecule has 0 saturated carbocycles. The summed E-state index contributed by atoms with van der Waals surface area (Å²) in [6.07, 6.45) is 0.344. The van der Waals surface area contributed by atoms with Crippen molar-refractivity contribution in [1.29, 1.82) is 0 Å². The Morgan fingerprint density at radius 1 is 1.09 bits per heavy atom. The molecule has 3 unspecified atom stereocenters. The molecule has 0 spiro atoms. The van der Waals surface area contributed by atoms with Gasteiger partial charge in [0.15, 0.2) is 5.12 Å². The molecule has 0 aromatic heterocycles. The summed E-state index contributed by atoms with van der Waals surface area (Å²) >= 11 is 2.42. The molecule has 7 nitrogen and oxygen atoms in total. The molecule has 2 aromatic rings. The van der Waals surface area contributed by atoms with Gasteiger partial charge in [-0.15, -0.1) is 0 Å². The van der Waals surface area contributed by atoms with Gasteiger partial charge < -0.3 is 15.3 Å². The summed E-state index contributed by atoms with van der Waals surface area (Å²) in [5, 5.41) is 11.3. The van der Waals surface area contributed by atoms with Gasteiger partial charge in [-0.1, -0.05) is 72.4 Å². The van der Waals surface area contributed by atoms with Crippen LogP contribution in [0.15, 0.2) is 60.7 Å². The normalized spacial score (nSPS) is 19.4. The van der Waals surface area contributed by atoms with Gasteiger partial charge >= 0.3 is 5.97 Å². The number of hydrogen-bond donors (Lipinski definition) is 2. The monoisotopic (exact) mass is 486 g/mol. The molecule has 3 rings (SSSR count). The van der Waals surface area contributed by atoms with Crippen molar-refractivity contribution in [3.63, 3.8) is 0 Å². The van der Waals surface area contributed by atoms with E-state index in [2.05, 4.69) is 5.32 Å². The van der Waals surface area contributed by atoms with E-state index < -0.39 is 41.7 Å². The fraction of sp³-hybridized carbons (Fsp3) is 0.333. The lowest BCUT2D eigenvalue weighted by Crippen LogP contribution is -2.52. The van der Waals surface area contributed by atoms with Gasteiger partial charge in [0.2, 0.25) is 11.8 Å². The van der Waals surface area contributed by atoms with E-state index in [1.165, 1.54) is 23.6 Å². The molecule has 0 bridgehead atoms. The topological polar surface area (TPSA) is 104 Å². The van der Waals surface area contributed by atoms with Gasteiger partial charge in [-0.05, 0) is 17.5 Å². The number of rotatable bonds is 8. The van der Waals surface area contributed by atoms with Gasteiger partial charge in [0.25, 0.3) is 0 Å². The number of carboxylic acid groups (broad SMARTS) is 1. The molecule has 1 saturated heterocycles. The number of carboxylic acids is 1. The van der Waals surface area contributed by atoms with Crippen LogP contribution in [-0.4, -0.2) is 62.2 Å². The summed E-state index contributed by atoms with van der Waals surface area (Å²) in [5.74, 6) is -1.12. The molecule has 1 heterocycles. The Hall–Kier alpha value is -2.78. The maximum Gasteiger partial charge on any atom is 0.323 e. The molecule has 0 radical (unpaired) electrons. The summed E-state index contributed by atoms with van der Waals surface area (Å²) < 4.78 is 0. The maximum atomic E-state index is 13.4. The number of carbonyl (C=O) groups is 4. The number of nitrogens with one attached hydrogen (secondary N) is 1. The second-order valence-corrected chi connectivity index (χ2v) is 10.1. The van der Waals surface area contributed by atoms with Crippen LogP contribution in [0.25, 0.3) is 0 Å². The van der Waals surface area contributed by atoms with Crippen LogP contribution in [0.5, 0.6) is 0 Å². The minimum absolute atomic E-state index is 0.190. The summed E-state index contributed by atoms with van der Waals surface area (Å²) in [4.78, 5) is 51.1. The van der Waals surface area contributed by atoms with Crippen LogP contribution < -0.4 is 5.32 Å². The highest BCUT2D eigenvalue weighted by Crippen LogP contribution is 2.30. The lowest BCUT2D eigenvalue weighted by atomic mass is 10.1. The van der Waals surface area contributed by atoms with Gasteiger partial charge in [0.05, 0.1) is 11.3 Å². The molecule has 1 aliphatic heterocycles. The molecular formula is C24H26N2O5S2. The van der Waals surface area contributed by atoms with Crippen molar-refractivity contribution in [2.45, 2.75) is 30.7 Å². The second-order valence-electron chi connectivity index (χ2n) is 7.67. The summed E-state index contributed by atoms with van der Waals surface area (Å²) in [7, 11) is 0. The number of nitrogens with zero attached hydrogens (tertiary/aromatic N) is 1. The lowest BCUT2D eigenvalue weighted by Gasteiger charge is -2.30. The highest BCUT2D eigenvalue weighted by molar-refractivity contribution is 8.14. The average molecular weight is 487 g/mol. The predicted octanol–water partition coefficient (Wildman–Crippen LogP) is 2.76. The first-order valence-corrected chi connectivity index (χ1v) is 12.5. The number of amides is 2. The predicted molar refractivity (Wildman–Crippen MR) is 130 cm³/mol. The van der Waals surface area contributed by atoms with Crippen LogP contribution in [0.4, 0.5) is 0 Å². The quantitative estimate of drug-likeness (QED) is 0.591. The Bertz CT molecular complexity index is 987. The van der Waals surface area contributed by atoms with E-state index in [4.69, 9.17) is 0 Å². The first kappa shape index (κ1) is 24.9. The van der Waals surface area contributed by atoms with E-state index in [-0.39, 0.29) is 5.12 Å². The number of carbonyl (C=O) groups excluding carboxylic acids is 3. The second kappa shape index (κ2) is 11.9. The third-order valence-corrected chi connectivity index (χ3v) is 7.31.